The molecule has 26 heavy (non-hydrogen) atoms. The van der Waals surface area contributed by atoms with Crippen molar-refractivity contribution in [3.05, 3.63) is 22.2 Å². The van der Waals surface area contributed by atoms with Crippen molar-refractivity contribution in [1.82, 2.24) is 5.32 Å². The van der Waals surface area contributed by atoms with Crippen LogP contribution in [0.3, 0.4) is 0 Å². The second kappa shape index (κ2) is 8.08. The van der Waals surface area contributed by atoms with Crippen molar-refractivity contribution in [3.63, 3.8) is 0 Å². The lowest BCUT2D eigenvalue weighted by Crippen LogP contribution is -2.35. The number of hydrogen-bond donors (Lipinski definition) is 1. The van der Waals surface area contributed by atoms with Gasteiger partial charge in [-0.05, 0) is 44.4 Å². The van der Waals surface area contributed by atoms with Crippen LogP contribution in [0.5, 0.6) is 0 Å². The van der Waals surface area contributed by atoms with Crippen LogP contribution < -0.4 is 10.2 Å². The van der Waals surface area contributed by atoms with Crippen LogP contribution in [0.15, 0.2) is 21.5 Å². The van der Waals surface area contributed by atoms with Crippen LogP contribution in [0.4, 0.5) is 5.69 Å². The monoisotopic (exact) mass is 444 g/mol. The molecular formula is C18H25BrN2O4S. The Morgan fingerprint density at radius 3 is 2.62 bits per heavy atom. The zero-order chi connectivity index (χ0) is 19.6. The van der Waals surface area contributed by atoms with Gasteiger partial charge < -0.3 is 10.2 Å². The lowest BCUT2D eigenvalue weighted by Gasteiger charge is -2.23. The number of nitrogens with zero attached hydrogens (tertiary/aromatic N) is 1. The minimum atomic E-state index is -3.72. The first-order valence-electron chi connectivity index (χ1n) is 8.71. The van der Waals surface area contributed by atoms with Crippen LogP contribution in [0.1, 0.15) is 46.1 Å². The number of fused-ring (bicyclic) bond motifs is 1. The Bertz CT molecular complexity index is 823. The Kier molecular flexibility index (Phi) is 6.50. The molecule has 2 unspecified atom stereocenters. The van der Waals surface area contributed by atoms with Crippen LogP contribution >= 0.6 is 15.9 Å². The van der Waals surface area contributed by atoms with Crippen molar-refractivity contribution >= 4 is 43.3 Å². The predicted octanol–water partition coefficient (Wildman–Crippen LogP) is 2.83. The summed E-state index contributed by atoms with van der Waals surface area (Å²) in [6, 6.07) is 3.28. The summed E-state index contributed by atoms with van der Waals surface area (Å²) in [6.45, 7) is 7.15. The molecule has 2 amide bonds. The molecule has 1 aliphatic rings. The fourth-order valence-electron chi connectivity index (χ4n) is 3.18. The van der Waals surface area contributed by atoms with Crippen LogP contribution in [0.25, 0.3) is 0 Å². The third kappa shape index (κ3) is 4.46. The van der Waals surface area contributed by atoms with E-state index in [0.717, 1.165) is 12.0 Å². The van der Waals surface area contributed by atoms with Gasteiger partial charge in [0.05, 0.1) is 16.3 Å². The maximum absolute atomic E-state index is 12.9. The summed E-state index contributed by atoms with van der Waals surface area (Å²) in [5, 5.41) is 2.77. The number of nitrogens with one attached hydrogen (secondary N) is 1. The zero-order valence-electron chi connectivity index (χ0n) is 15.5. The number of amides is 2. The van der Waals surface area contributed by atoms with E-state index in [9.17, 15) is 18.0 Å². The van der Waals surface area contributed by atoms with Crippen molar-refractivity contribution in [3.8, 4) is 0 Å². The van der Waals surface area contributed by atoms with Gasteiger partial charge in [0.1, 0.15) is 0 Å². The first-order chi connectivity index (χ1) is 12.1. The van der Waals surface area contributed by atoms with Gasteiger partial charge in [-0.2, -0.15) is 0 Å². The zero-order valence-corrected chi connectivity index (χ0v) is 17.9. The average molecular weight is 445 g/mol. The van der Waals surface area contributed by atoms with Gasteiger partial charge in [-0.25, -0.2) is 8.42 Å². The SMILES string of the molecule is CCC(C)NC(=O)CCS(=O)(=O)c1cc(Br)cc2c1N(C(C)=O)C(C)C2. The van der Waals surface area contributed by atoms with Gasteiger partial charge in [-0.3, -0.25) is 9.59 Å². The molecule has 0 saturated heterocycles. The maximum atomic E-state index is 12.9. The molecule has 1 heterocycles. The Hall–Kier alpha value is -1.41. The molecule has 0 saturated carbocycles. The third-order valence-electron chi connectivity index (χ3n) is 4.61. The molecule has 0 fully saturated rings. The minimum Gasteiger partial charge on any atom is -0.354 e. The second-order valence-corrected chi connectivity index (χ2v) is 9.79. The second-order valence-electron chi connectivity index (χ2n) is 6.80. The number of hydrogen-bond acceptors (Lipinski definition) is 4. The number of carbonyl (C=O) groups is 2. The molecule has 0 bridgehead atoms. The van der Waals surface area contributed by atoms with E-state index in [1.54, 1.807) is 0 Å². The predicted molar refractivity (Wildman–Crippen MR) is 105 cm³/mol. The van der Waals surface area contributed by atoms with E-state index in [1.807, 2.05) is 26.8 Å². The number of benzene rings is 1. The highest BCUT2D eigenvalue weighted by molar-refractivity contribution is 9.10. The largest absolute Gasteiger partial charge is 0.354 e. The van der Waals surface area contributed by atoms with Crippen LogP contribution in [0, 0.1) is 0 Å². The number of carbonyl (C=O) groups excluding carboxylic acids is 2. The summed E-state index contributed by atoms with van der Waals surface area (Å²) in [4.78, 5) is 25.7. The molecule has 1 N–H and O–H groups in total. The normalized spacial score (nSPS) is 17.7. The molecule has 1 aliphatic heterocycles. The Labute approximate surface area is 163 Å². The standard InChI is InChI=1S/C18H25BrN2O4S/c1-5-11(2)20-17(23)6-7-26(24,25)16-10-15(19)9-14-8-12(3)21(13(4)22)18(14)16/h9-12H,5-8H2,1-4H3,(H,20,23). The molecule has 2 rings (SSSR count). The van der Waals surface area contributed by atoms with Crippen molar-refractivity contribution in [1.29, 1.82) is 0 Å². The summed E-state index contributed by atoms with van der Waals surface area (Å²) in [5.74, 6) is -0.769. The molecule has 1 aromatic rings. The molecule has 2 atom stereocenters. The van der Waals surface area contributed by atoms with Gasteiger partial charge >= 0.3 is 0 Å². The lowest BCUT2D eigenvalue weighted by atomic mass is 10.1. The van der Waals surface area contributed by atoms with E-state index in [0.29, 0.717) is 16.6 Å². The van der Waals surface area contributed by atoms with Gasteiger partial charge in [0.2, 0.25) is 11.8 Å². The maximum Gasteiger partial charge on any atom is 0.224 e. The summed E-state index contributed by atoms with van der Waals surface area (Å²) in [7, 11) is -3.72. The molecule has 0 aliphatic carbocycles. The molecule has 8 heteroatoms. The van der Waals surface area contributed by atoms with Crippen LogP contribution in [-0.2, 0) is 25.8 Å². The van der Waals surface area contributed by atoms with E-state index < -0.39 is 9.84 Å². The number of anilines is 1. The Balaban J connectivity index is 2.33. The Morgan fingerprint density at radius 1 is 1.38 bits per heavy atom. The van der Waals surface area contributed by atoms with Gasteiger partial charge in [0.15, 0.2) is 9.84 Å². The van der Waals surface area contributed by atoms with E-state index >= 15 is 0 Å². The van der Waals surface area contributed by atoms with Gasteiger partial charge in [-0.15, -0.1) is 0 Å². The van der Waals surface area contributed by atoms with E-state index in [-0.39, 0.29) is 41.0 Å². The fraction of sp³-hybridized carbons (Fsp3) is 0.556. The molecular weight excluding hydrogens is 420 g/mol. The smallest absolute Gasteiger partial charge is 0.224 e. The minimum absolute atomic E-state index is 0.00868. The molecule has 1 aromatic carbocycles. The van der Waals surface area contributed by atoms with E-state index in [1.165, 1.54) is 17.9 Å². The Morgan fingerprint density at radius 2 is 2.04 bits per heavy atom. The summed E-state index contributed by atoms with van der Waals surface area (Å²) >= 11 is 3.36. The first-order valence-corrected chi connectivity index (χ1v) is 11.2. The number of rotatable bonds is 6. The first kappa shape index (κ1) is 20.9. The van der Waals surface area contributed by atoms with Crippen molar-refractivity contribution in [2.75, 3.05) is 10.7 Å². The highest BCUT2D eigenvalue weighted by atomic mass is 79.9. The molecule has 0 spiro atoms. The van der Waals surface area contributed by atoms with Gasteiger partial charge in [0, 0.05) is 29.9 Å². The quantitative estimate of drug-likeness (QED) is 0.730. The summed E-state index contributed by atoms with van der Waals surface area (Å²) < 4.78 is 26.5. The third-order valence-corrected chi connectivity index (χ3v) is 6.79. The van der Waals surface area contributed by atoms with Crippen LogP contribution in [-0.4, -0.2) is 38.1 Å². The van der Waals surface area contributed by atoms with Crippen molar-refractivity contribution in [2.45, 2.75) is 63.9 Å². The summed E-state index contributed by atoms with van der Waals surface area (Å²) in [5.41, 5.74) is 1.28. The highest BCUT2D eigenvalue weighted by Crippen LogP contribution is 2.40. The van der Waals surface area contributed by atoms with Crippen molar-refractivity contribution < 1.29 is 18.0 Å². The summed E-state index contributed by atoms with van der Waals surface area (Å²) in [6.07, 6.45) is 1.28. The van der Waals surface area contributed by atoms with Crippen LogP contribution in [0.2, 0.25) is 0 Å². The van der Waals surface area contributed by atoms with Gasteiger partial charge in [-0.1, -0.05) is 22.9 Å². The van der Waals surface area contributed by atoms with E-state index in [4.69, 9.17) is 0 Å². The van der Waals surface area contributed by atoms with Crippen molar-refractivity contribution in [2.24, 2.45) is 0 Å². The molecule has 0 radical (unpaired) electrons. The highest BCUT2D eigenvalue weighted by Gasteiger charge is 2.35. The van der Waals surface area contributed by atoms with Gasteiger partial charge in [0.25, 0.3) is 0 Å². The number of sulfone groups is 1. The lowest BCUT2D eigenvalue weighted by molar-refractivity contribution is -0.121. The molecule has 6 nitrogen and oxygen atoms in total. The van der Waals surface area contributed by atoms with E-state index in [2.05, 4.69) is 21.2 Å². The number of halogens is 1. The fourth-order valence-corrected chi connectivity index (χ4v) is 5.34. The molecule has 0 aromatic heterocycles. The molecule has 144 valence electrons. The topological polar surface area (TPSA) is 83.6 Å². The average Bonchev–Trinajstić information content (AvgIpc) is 2.87.